The summed E-state index contributed by atoms with van der Waals surface area (Å²) in [5, 5.41) is 9.53. The lowest BCUT2D eigenvalue weighted by molar-refractivity contribution is 0.415. The molecular weight excluding hydrogens is 166 g/mol. The van der Waals surface area contributed by atoms with E-state index in [0.29, 0.717) is 11.1 Å². The molecule has 2 rings (SSSR count). The van der Waals surface area contributed by atoms with Gasteiger partial charge in [0.05, 0.1) is 12.7 Å². The quantitative estimate of drug-likeness (QED) is 0.664. The number of hydrogen-bond donors (Lipinski definition) is 0. The van der Waals surface area contributed by atoms with Crippen molar-refractivity contribution < 1.29 is 9.15 Å². The first-order valence-electron chi connectivity index (χ1n) is 3.80. The molecule has 0 aliphatic heterocycles. The predicted octanol–water partition coefficient (Wildman–Crippen LogP) is 2.31. The van der Waals surface area contributed by atoms with Crippen LogP contribution in [0.4, 0.5) is 0 Å². The third-order valence-corrected chi connectivity index (χ3v) is 1.90. The van der Waals surface area contributed by atoms with E-state index in [0.717, 1.165) is 11.1 Å². The monoisotopic (exact) mass is 173 g/mol. The highest BCUT2D eigenvalue weighted by Gasteiger charge is 2.05. The Morgan fingerprint density at radius 1 is 1.46 bits per heavy atom. The van der Waals surface area contributed by atoms with E-state index in [9.17, 15) is 0 Å². The van der Waals surface area contributed by atoms with E-state index < -0.39 is 0 Å². The molecule has 0 saturated heterocycles. The number of hydrogen-bond acceptors (Lipinski definition) is 3. The highest BCUT2D eigenvalue weighted by atomic mass is 16.5. The lowest BCUT2D eigenvalue weighted by Gasteiger charge is -1.97. The van der Waals surface area contributed by atoms with Crippen molar-refractivity contribution in [2.24, 2.45) is 0 Å². The van der Waals surface area contributed by atoms with Crippen molar-refractivity contribution in [1.29, 1.82) is 5.26 Å². The molecule has 0 atom stereocenters. The molecule has 0 aliphatic carbocycles. The standard InChI is InChI=1S/C10H7NO2/c1-12-8-2-3-10-9(4-8)7(5-11)6-13-10/h2-4,6H,1H3. The first kappa shape index (κ1) is 7.69. The number of rotatable bonds is 1. The van der Waals surface area contributed by atoms with Crippen LogP contribution in [0.15, 0.2) is 28.9 Å². The maximum absolute atomic E-state index is 8.74. The van der Waals surface area contributed by atoms with E-state index in [-0.39, 0.29) is 0 Å². The Morgan fingerprint density at radius 3 is 3.00 bits per heavy atom. The average molecular weight is 173 g/mol. The smallest absolute Gasteiger partial charge is 0.135 e. The molecule has 0 N–H and O–H groups in total. The number of nitrogens with zero attached hydrogens (tertiary/aromatic N) is 1. The normalized spacial score (nSPS) is 9.85. The summed E-state index contributed by atoms with van der Waals surface area (Å²) in [4.78, 5) is 0. The largest absolute Gasteiger partial charge is 0.497 e. The van der Waals surface area contributed by atoms with Gasteiger partial charge in [-0.2, -0.15) is 5.26 Å². The molecule has 1 aromatic carbocycles. The van der Waals surface area contributed by atoms with Crippen LogP contribution in [-0.4, -0.2) is 7.11 Å². The molecule has 0 spiro atoms. The molecule has 3 heteroatoms. The van der Waals surface area contributed by atoms with Crippen molar-refractivity contribution in [3.05, 3.63) is 30.0 Å². The summed E-state index contributed by atoms with van der Waals surface area (Å²) in [5.74, 6) is 0.727. The molecule has 64 valence electrons. The van der Waals surface area contributed by atoms with Crippen LogP contribution in [0.1, 0.15) is 5.56 Å². The molecule has 0 bridgehead atoms. The van der Waals surface area contributed by atoms with Crippen molar-refractivity contribution in [3.63, 3.8) is 0 Å². The van der Waals surface area contributed by atoms with Crippen LogP contribution >= 0.6 is 0 Å². The third kappa shape index (κ3) is 1.13. The fraction of sp³-hybridized carbons (Fsp3) is 0.100. The summed E-state index contributed by atoms with van der Waals surface area (Å²) in [7, 11) is 1.59. The molecule has 0 saturated carbocycles. The molecule has 0 aliphatic rings. The first-order chi connectivity index (χ1) is 6.35. The van der Waals surface area contributed by atoms with Gasteiger partial charge in [-0.25, -0.2) is 0 Å². The van der Waals surface area contributed by atoms with Crippen LogP contribution in [0, 0.1) is 11.3 Å². The molecule has 0 fully saturated rings. The topological polar surface area (TPSA) is 46.2 Å². The van der Waals surface area contributed by atoms with Crippen LogP contribution < -0.4 is 4.74 Å². The zero-order valence-corrected chi connectivity index (χ0v) is 7.07. The molecule has 0 unspecified atom stereocenters. The van der Waals surface area contributed by atoms with Gasteiger partial charge in [-0.15, -0.1) is 0 Å². The van der Waals surface area contributed by atoms with Crippen LogP contribution in [0.2, 0.25) is 0 Å². The van der Waals surface area contributed by atoms with Gasteiger partial charge in [-0.3, -0.25) is 0 Å². The maximum Gasteiger partial charge on any atom is 0.135 e. The summed E-state index contributed by atoms with van der Waals surface area (Å²) in [6.07, 6.45) is 1.45. The van der Waals surface area contributed by atoms with Gasteiger partial charge in [0.2, 0.25) is 0 Å². The van der Waals surface area contributed by atoms with Gasteiger partial charge in [0.1, 0.15) is 23.7 Å². The summed E-state index contributed by atoms with van der Waals surface area (Å²) >= 11 is 0. The van der Waals surface area contributed by atoms with Gasteiger partial charge in [0, 0.05) is 5.39 Å². The van der Waals surface area contributed by atoms with Gasteiger partial charge in [-0.05, 0) is 18.2 Å². The van der Waals surface area contributed by atoms with E-state index in [2.05, 4.69) is 6.07 Å². The summed E-state index contributed by atoms with van der Waals surface area (Å²) < 4.78 is 10.2. The first-order valence-corrected chi connectivity index (χ1v) is 3.80. The van der Waals surface area contributed by atoms with E-state index in [1.807, 2.05) is 0 Å². The average Bonchev–Trinajstić information content (AvgIpc) is 2.59. The molecule has 2 aromatic rings. The zero-order chi connectivity index (χ0) is 9.26. The van der Waals surface area contributed by atoms with Crippen molar-refractivity contribution >= 4 is 11.0 Å². The highest BCUT2D eigenvalue weighted by molar-refractivity contribution is 5.84. The Bertz CT molecular complexity index is 479. The molecule has 1 heterocycles. The van der Waals surface area contributed by atoms with E-state index >= 15 is 0 Å². The second kappa shape index (κ2) is 2.83. The van der Waals surface area contributed by atoms with Gasteiger partial charge in [0.25, 0.3) is 0 Å². The minimum absolute atomic E-state index is 0.536. The Kier molecular flexibility index (Phi) is 1.67. The molecule has 13 heavy (non-hydrogen) atoms. The number of methoxy groups -OCH3 is 1. The lowest BCUT2D eigenvalue weighted by Crippen LogP contribution is -1.81. The number of furan rings is 1. The lowest BCUT2D eigenvalue weighted by atomic mass is 10.2. The SMILES string of the molecule is COc1ccc2occ(C#N)c2c1. The van der Waals surface area contributed by atoms with Crippen molar-refractivity contribution in [1.82, 2.24) is 0 Å². The third-order valence-electron chi connectivity index (χ3n) is 1.90. The van der Waals surface area contributed by atoms with E-state index in [4.69, 9.17) is 14.4 Å². The number of nitriles is 1. The highest BCUT2D eigenvalue weighted by Crippen LogP contribution is 2.24. The summed E-state index contributed by atoms with van der Waals surface area (Å²) in [6, 6.07) is 7.43. The molecule has 0 radical (unpaired) electrons. The summed E-state index contributed by atoms with van der Waals surface area (Å²) in [6.45, 7) is 0. The van der Waals surface area contributed by atoms with Crippen molar-refractivity contribution in [2.45, 2.75) is 0 Å². The second-order valence-electron chi connectivity index (χ2n) is 2.62. The Balaban J connectivity index is 2.73. The number of ether oxygens (including phenoxy) is 1. The van der Waals surface area contributed by atoms with Crippen LogP contribution in [0.3, 0.4) is 0 Å². The van der Waals surface area contributed by atoms with Crippen LogP contribution in [0.5, 0.6) is 5.75 Å². The minimum Gasteiger partial charge on any atom is -0.497 e. The molecule has 0 amide bonds. The van der Waals surface area contributed by atoms with Gasteiger partial charge in [-0.1, -0.05) is 0 Å². The Labute approximate surface area is 75.1 Å². The van der Waals surface area contributed by atoms with Gasteiger partial charge < -0.3 is 9.15 Å². The summed E-state index contributed by atoms with van der Waals surface area (Å²) in [5.41, 5.74) is 1.24. The van der Waals surface area contributed by atoms with Crippen LogP contribution in [-0.2, 0) is 0 Å². The van der Waals surface area contributed by atoms with Crippen molar-refractivity contribution in [3.8, 4) is 11.8 Å². The second-order valence-corrected chi connectivity index (χ2v) is 2.62. The molecule has 3 nitrogen and oxygen atoms in total. The molecule has 1 aromatic heterocycles. The van der Waals surface area contributed by atoms with Crippen LogP contribution in [0.25, 0.3) is 11.0 Å². The fourth-order valence-electron chi connectivity index (χ4n) is 1.22. The van der Waals surface area contributed by atoms with Crippen molar-refractivity contribution in [2.75, 3.05) is 7.11 Å². The number of benzene rings is 1. The number of fused-ring (bicyclic) bond motifs is 1. The minimum atomic E-state index is 0.536. The fourth-order valence-corrected chi connectivity index (χ4v) is 1.22. The van der Waals surface area contributed by atoms with Gasteiger partial charge >= 0.3 is 0 Å². The zero-order valence-electron chi connectivity index (χ0n) is 7.07. The Morgan fingerprint density at radius 2 is 2.31 bits per heavy atom. The maximum atomic E-state index is 8.74. The van der Waals surface area contributed by atoms with Gasteiger partial charge in [0.15, 0.2) is 0 Å². The van der Waals surface area contributed by atoms with E-state index in [1.54, 1.807) is 25.3 Å². The predicted molar refractivity (Wildman–Crippen MR) is 47.5 cm³/mol. The Hall–Kier alpha value is -1.95. The van der Waals surface area contributed by atoms with E-state index in [1.165, 1.54) is 6.26 Å². The molecular formula is C10H7NO2.